The van der Waals surface area contributed by atoms with Gasteiger partial charge in [0.25, 0.3) is 0 Å². The summed E-state index contributed by atoms with van der Waals surface area (Å²) in [6.07, 6.45) is -1.11. The Hall–Kier alpha value is -1.63. The fraction of sp³-hybridized carbons (Fsp3) is 0.650. The zero-order valence-electron chi connectivity index (χ0n) is 17.4. The maximum atomic E-state index is 14.3. The molecule has 2 saturated heterocycles. The van der Waals surface area contributed by atoms with Crippen LogP contribution in [0.2, 0.25) is 0 Å². The molecule has 11 heteroatoms. The Morgan fingerprint density at radius 3 is 2.84 bits per heavy atom. The molecule has 0 saturated carbocycles. The second-order valence-corrected chi connectivity index (χ2v) is 9.54. The van der Waals surface area contributed by atoms with Crippen LogP contribution in [0.25, 0.3) is 0 Å². The van der Waals surface area contributed by atoms with Crippen molar-refractivity contribution in [2.45, 2.75) is 48.5 Å². The number of benzene rings is 1. The van der Waals surface area contributed by atoms with Gasteiger partial charge in [-0.1, -0.05) is 12.1 Å². The van der Waals surface area contributed by atoms with Crippen LogP contribution in [0.5, 0.6) is 0 Å². The Kier molecular flexibility index (Phi) is 8.36. The van der Waals surface area contributed by atoms with Gasteiger partial charge in [-0.25, -0.2) is 12.8 Å². The van der Waals surface area contributed by atoms with Gasteiger partial charge in [-0.2, -0.15) is 4.31 Å². The van der Waals surface area contributed by atoms with Gasteiger partial charge < -0.3 is 24.6 Å². The molecule has 0 radical (unpaired) electrons. The summed E-state index contributed by atoms with van der Waals surface area (Å²) in [6, 6.07) is 4.51. The van der Waals surface area contributed by atoms with E-state index in [-0.39, 0.29) is 32.1 Å². The molecule has 0 aromatic heterocycles. The van der Waals surface area contributed by atoms with Crippen LogP contribution in [0.1, 0.15) is 19.3 Å². The van der Waals surface area contributed by atoms with Gasteiger partial charge in [0.15, 0.2) is 0 Å². The lowest BCUT2D eigenvalue weighted by Gasteiger charge is -2.43. The zero-order valence-corrected chi connectivity index (χ0v) is 18.2. The van der Waals surface area contributed by atoms with Crippen molar-refractivity contribution in [2.24, 2.45) is 0 Å². The summed E-state index contributed by atoms with van der Waals surface area (Å²) in [5.41, 5.74) is 0. The quantitative estimate of drug-likeness (QED) is 0.562. The first-order valence-electron chi connectivity index (χ1n) is 10.3. The van der Waals surface area contributed by atoms with Gasteiger partial charge in [-0.3, -0.25) is 4.79 Å². The number of hydrogen-bond donors (Lipinski definition) is 2. The predicted molar refractivity (Wildman–Crippen MR) is 108 cm³/mol. The lowest BCUT2D eigenvalue weighted by Crippen LogP contribution is -2.57. The normalized spacial score (nSPS) is 27.7. The topological polar surface area (TPSA) is 114 Å². The van der Waals surface area contributed by atoms with Crippen LogP contribution >= 0.6 is 0 Å². The Morgan fingerprint density at radius 1 is 1.32 bits per heavy atom. The molecule has 0 spiro atoms. The number of carbonyl (C=O) groups excluding carboxylic acids is 1. The molecule has 2 aliphatic heterocycles. The third kappa shape index (κ3) is 5.99. The fourth-order valence-corrected chi connectivity index (χ4v) is 5.71. The number of β-amino-alcohol motifs (C(OH)–C–C–N with tert-alkyl or cyclic N) is 1. The van der Waals surface area contributed by atoms with E-state index in [0.717, 1.165) is 10.4 Å². The first kappa shape index (κ1) is 24.0. The van der Waals surface area contributed by atoms with Crippen molar-refractivity contribution in [3.8, 4) is 0 Å². The third-order valence-corrected chi connectivity index (χ3v) is 7.32. The van der Waals surface area contributed by atoms with Gasteiger partial charge in [-0.15, -0.1) is 0 Å². The smallest absolute Gasteiger partial charge is 0.246 e. The lowest BCUT2D eigenvalue weighted by atomic mass is 9.96. The predicted octanol–water partition coefficient (Wildman–Crippen LogP) is 0.276. The summed E-state index contributed by atoms with van der Waals surface area (Å²) in [6.45, 7) is 0.555. The van der Waals surface area contributed by atoms with Gasteiger partial charge in [0, 0.05) is 20.2 Å². The summed E-state index contributed by atoms with van der Waals surface area (Å²) in [5.74, 6) is -1.03. The van der Waals surface area contributed by atoms with Gasteiger partial charge >= 0.3 is 0 Å². The molecule has 31 heavy (non-hydrogen) atoms. The number of nitrogens with zero attached hydrogens (tertiary/aromatic N) is 1. The highest BCUT2D eigenvalue weighted by Crippen LogP contribution is 2.32. The van der Waals surface area contributed by atoms with Gasteiger partial charge in [0.2, 0.25) is 15.9 Å². The van der Waals surface area contributed by atoms with Crippen LogP contribution in [0.4, 0.5) is 4.39 Å². The number of methoxy groups -OCH3 is 1. The van der Waals surface area contributed by atoms with Gasteiger partial charge in [-0.05, 0) is 25.0 Å². The number of amides is 1. The van der Waals surface area contributed by atoms with E-state index in [1.165, 1.54) is 18.2 Å². The lowest BCUT2D eigenvalue weighted by molar-refractivity contribution is -0.146. The largest absolute Gasteiger partial charge is 0.389 e. The monoisotopic (exact) mass is 460 g/mol. The Morgan fingerprint density at radius 2 is 2.10 bits per heavy atom. The van der Waals surface area contributed by atoms with Crippen molar-refractivity contribution in [2.75, 3.05) is 40.0 Å². The Bertz CT molecular complexity index is 854. The first-order valence-corrected chi connectivity index (χ1v) is 11.7. The molecule has 174 valence electrons. The van der Waals surface area contributed by atoms with Crippen molar-refractivity contribution >= 4 is 15.9 Å². The number of hydrogen-bond acceptors (Lipinski definition) is 7. The number of aliphatic hydroxyl groups is 1. The van der Waals surface area contributed by atoms with E-state index in [4.69, 9.17) is 14.2 Å². The molecule has 4 atom stereocenters. The number of aliphatic hydroxyl groups excluding tert-OH is 1. The van der Waals surface area contributed by atoms with E-state index in [1.807, 2.05) is 0 Å². The maximum Gasteiger partial charge on any atom is 0.246 e. The molecule has 0 bridgehead atoms. The van der Waals surface area contributed by atoms with Crippen LogP contribution in [-0.2, 0) is 29.0 Å². The van der Waals surface area contributed by atoms with Crippen LogP contribution in [0.15, 0.2) is 29.2 Å². The van der Waals surface area contributed by atoms with Crippen molar-refractivity contribution in [1.82, 2.24) is 9.62 Å². The number of ether oxygens (including phenoxy) is 3. The summed E-state index contributed by atoms with van der Waals surface area (Å²) in [7, 11) is -2.68. The number of nitrogens with one attached hydrogen (secondary N) is 1. The minimum Gasteiger partial charge on any atom is -0.389 e. The molecule has 2 fully saturated rings. The third-order valence-electron chi connectivity index (χ3n) is 5.40. The average Bonchev–Trinajstić information content (AvgIpc) is 2.71. The molecule has 3 rings (SSSR count). The zero-order chi connectivity index (χ0) is 22.4. The van der Waals surface area contributed by atoms with E-state index in [0.29, 0.717) is 26.0 Å². The summed E-state index contributed by atoms with van der Waals surface area (Å²) >= 11 is 0. The van der Waals surface area contributed by atoms with Crippen molar-refractivity contribution in [3.05, 3.63) is 30.1 Å². The molecule has 1 aromatic rings. The second-order valence-electron chi connectivity index (χ2n) is 7.68. The Balaban J connectivity index is 1.76. The van der Waals surface area contributed by atoms with E-state index in [1.54, 1.807) is 7.11 Å². The summed E-state index contributed by atoms with van der Waals surface area (Å²) in [4.78, 5) is 11.7. The molecule has 0 aliphatic carbocycles. The van der Waals surface area contributed by atoms with Crippen molar-refractivity contribution in [3.63, 3.8) is 0 Å². The molecular weight excluding hydrogens is 431 g/mol. The van der Waals surface area contributed by atoms with E-state index >= 15 is 0 Å². The van der Waals surface area contributed by atoms with Crippen LogP contribution in [0, 0.1) is 5.82 Å². The average molecular weight is 461 g/mol. The highest BCUT2D eigenvalue weighted by atomic mass is 32.2. The van der Waals surface area contributed by atoms with Gasteiger partial charge in [0.05, 0.1) is 50.6 Å². The number of sulfonamides is 1. The number of halogens is 1. The summed E-state index contributed by atoms with van der Waals surface area (Å²) < 4.78 is 58.4. The molecule has 2 aliphatic rings. The Labute approximate surface area is 181 Å². The molecule has 1 amide bonds. The molecule has 0 unspecified atom stereocenters. The van der Waals surface area contributed by atoms with Crippen molar-refractivity contribution in [1.29, 1.82) is 0 Å². The van der Waals surface area contributed by atoms with Crippen LogP contribution in [-0.4, -0.2) is 88.1 Å². The van der Waals surface area contributed by atoms with E-state index in [9.17, 15) is 22.7 Å². The molecule has 9 nitrogen and oxygen atoms in total. The number of fused-ring (bicyclic) bond motifs is 1. The van der Waals surface area contributed by atoms with E-state index < -0.39 is 45.1 Å². The summed E-state index contributed by atoms with van der Waals surface area (Å²) in [5, 5.41) is 12.9. The van der Waals surface area contributed by atoms with E-state index in [2.05, 4.69) is 5.32 Å². The van der Waals surface area contributed by atoms with Crippen molar-refractivity contribution < 1.29 is 36.9 Å². The molecule has 2 N–H and O–H groups in total. The SMILES string of the molecule is COCCNC(=O)C[C@@H]1CC[C@H]2[C@@H](COC[C@@H](O)CN2S(=O)(=O)c2ccccc2F)O1. The maximum absolute atomic E-state index is 14.3. The first-order chi connectivity index (χ1) is 14.8. The van der Waals surface area contributed by atoms with Crippen LogP contribution < -0.4 is 5.32 Å². The second kappa shape index (κ2) is 10.8. The minimum atomic E-state index is -4.22. The van der Waals surface area contributed by atoms with Crippen LogP contribution in [0.3, 0.4) is 0 Å². The highest BCUT2D eigenvalue weighted by Gasteiger charge is 2.43. The standard InChI is InChI=1S/C20H29FN2O7S/c1-28-9-8-22-20(25)10-15-6-7-17-18(30-15)13-29-12-14(24)11-23(17)31(26,27)19-5-3-2-4-16(19)21/h2-5,14-15,17-18,24H,6-13H2,1H3,(H,22,25)/t14-,15-,17-,18+/m0/s1. The number of carbonyl (C=O) groups is 1. The molecule has 1 aromatic carbocycles. The molecule has 2 heterocycles. The minimum absolute atomic E-state index is 0.0623. The van der Waals surface area contributed by atoms with Gasteiger partial charge in [0.1, 0.15) is 10.7 Å². The molecular formula is C20H29FN2O7S. The number of rotatable bonds is 7. The highest BCUT2D eigenvalue weighted by molar-refractivity contribution is 7.89. The fourth-order valence-electron chi connectivity index (χ4n) is 3.92.